The summed E-state index contributed by atoms with van der Waals surface area (Å²) in [6, 6.07) is 1.30. The maximum absolute atomic E-state index is 12.5. The number of aliphatic hydroxyl groups excluding tert-OH is 1. The topological polar surface area (TPSA) is 66.8 Å². The smallest absolute Gasteiger partial charge is 0.254 e. The van der Waals surface area contributed by atoms with E-state index in [-0.39, 0.29) is 23.5 Å². The van der Waals surface area contributed by atoms with E-state index >= 15 is 0 Å². The number of ether oxygens (including phenoxy) is 1. The third-order valence-corrected chi connectivity index (χ3v) is 7.56. The number of thiophene rings is 1. The molecule has 0 saturated carbocycles. The molecule has 0 bridgehead atoms. The Morgan fingerprint density at radius 3 is 2.89 bits per heavy atom. The molecule has 0 unspecified atom stereocenters. The van der Waals surface area contributed by atoms with Gasteiger partial charge in [0.05, 0.1) is 18.8 Å². The molecule has 1 aliphatic heterocycles. The van der Waals surface area contributed by atoms with Crippen molar-refractivity contribution in [1.82, 2.24) is 4.31 Å². The lowest BCUT2D eigenvalue weighted by molar-refractivity contribution is 0.113. The molecule has 0 spiro atoms. The van der Waals surface area contributed by atoms with Gasteiger partial charge in [-0.3, -0.25) is 0 Å². The van der Waals surface area contributed by atoms with E-state index in [0.29, 0.717) is 10.9 Å². The first-order valence-corrected chi connectivity index (χ1v) is 8.50. The largest absolute Gasteiger partial charge is 0.395 e. The Balaban J connectivity index is 2.33. The molecule has 2 atom stereocenters. The van der Waals surface area contributed by atoms with Gasteiger partial charge in [-0.05, 0) is 33.8 Å². The van der Waals surface area contributed by atoms with Gasteiger partial charge in [0.1, 0.15) is 4.21 Å². The van der Waals surface area contributed by atoms with E-state index in [2.05, 4.69) is 15.9 Å². The molecule has 1 N–H and O–H groups in total. The Morgan fingerprint density at radius 2 is 2.39 bits per heavy atom. The Hall–Kier alpha value is 0.01000. The standard InChI is InChI=1S/C10H14BrNO4S2/c1-16-8-4-7(6-13)12(5-8)18(14,15)10-9(11)2-3-17-10/h2-3,7-8,13H,4-6H2,1H3/t7-,8-/m0/s1. The molecule has 2 rings (SSSR count). The molecule has 18 heavy (non-hydrogen) atoms. The van der Waals surface area contributed by atoms with Crippen molar-refractivity contribution in [3.05, 3.63) is 15.9 Å². The van der Waals surface area contributed by atoms with Crippen LogP contribution in [0.1, 0.15) is 6.42 Å². The summed E-state index contributed by atoms with van der Waals surface area (Å²) in [6.45, 7) is 0.0937. The van der Waals surface area contributed by atoms with Crippen molar-refractivity contribution >= 4 is 37.3 Å². The normalized spacial score (nSPS) is 25.7. The minimum Gasteiger partial charge on any atom is -0.395 e. The summed E-state index contributed by atoms with van der Waals surface area (Å²) in [5.41, 5.74) is 0. The number of methoxy groups -OCH3 is 1. The maximum atomic E-state index is 12.5. The monoisotopic (exact) mass is 355 g/mol. The molecule has 1 aliphatic rings. The molecule has 1 saturated heterocycles. The fraction of sp³-hybridized carbons (Fsp3) is 0.600. The molecule has 5 nitrogen and oxygen atoms in total. The Morgan fingerprint density at radius 1 is 1.67 bits per heavy atom. The van der Waals surface area contributed by atoms with Gasteiger partial charge in [-0.1, -0.05) is 0 Å². The minimum absolute atomic E-state index is 0.157. The van der Waals surface area contributed by atoms with Crippen molar-refractivity contribution in [1.29, 1.82) is 0 Å². The molecule has 0 aliphatic carbocycles. The van der Waals surface area contributed by atoms with Crippen molar-refractivity contribution in [2.24, 2.45) is 0 Å². The second-order valence-electron chi connectivity index (χ2n) is 4.06. The van der Waals surface area contributed by atoms with E-state index in [1.165, 1.54) is 15.6 Å². The maximum Gasteiger partial charge on any atom is 0.254 e. The lowest BCUT2D eigenvalue weighted by atomic mass is 10.2. The molecule has 0 amide bonds. The minimum atomic E-state index is -3.57. The fourth-order valence-electron chi connectivity index (χ4n) is 2.05. The van der Waals surface area contributed by atoms with Crippen LogP contribution in [0.25, 0.3) is 0 Å². The first-order chi connectivity index (χ1) is 8.50. The van der Waals surface area contributed by atoms with Crippen LogP contribution in [0.5, 0.6) is 0 Å². The molecule has 102 valence electrons. The fourth-order valence-corrected chi connectivity index (χ4v) is 6.13. The van der Waals surface area contributed by atoms with Gasteiger partial charge in [0.15, 0.2) is 0 Å². The predicted octanol–water partition coefficient (Wildman–Crippen LogP) is 1.28. The Bertz CT molecular complexity index is 516. The highest BCUT2D eigenvalue weighted by Gasteiger charge is 2.41. The molecular weight excluding hydrogens is 342 g/mol. The zero-order valence-corrected chi connectivity index (χ0v) is 13.0. The predicted molar refractivity (Wildman–Crippen MR) is 72.2 cm³/mol. The van der Waals surface area contributed by atoms with Gasteiger partial charge in [0, 0.05) is 18.1 Å². The summed E-state index contributed by atoms with van der Waals surface area (Å²) in [6.07, 6.45) is 0.366. The van der Waals surface area contributed by atoms with E-state index in [0.717, 1.165) is 0 Å². The Labute approximate surface area is 119 Å². The Kier molecular flexibility index (Phi) is 4.45. The number of sulfonamides is 1. The van der Waals surface area contributed by atoms with E-state index < -0.39 is 16.1 Å². The van der Waals surface area contributed by atoms with Crippen LogP contribution in [0, 0.1) is 0 Å². The van der Waals surface area contributed by atoms with Crippen LogP contribution in [0.15, 0.2) is 20.1 Å². The van der Waals surface area contributed by atoms with Crippen LogP contribution in [0.3, 0.4) is 0 Å². The van der Waals surface area contributed by atoms with Gasteiger partial charge in [-0.15, -0.1) is 11.3 Å². The average Bonchev–Trinajstić information content (AvgIpc) is 2.94. The lowest BCUT2D eigenvalue weighted by Gasteiger charge is -2.21. The molecule has 2 heterocycles. The van der Waals surface area contributed by atoms with Gasteiger partial charge in [-0.2, -0.15) is 4.31 Å². The number of aliphatic hydroxyl groups is 1. The molecule has 1 aromatic rings. The second-order valence-corrected chi connectivity index (χ2v) is 7.92. The van der Waals surface area contributed by atoms with E-state index in [1.54, 1.807) is 18.6 Å². The summed E-state index contributed by atoms with van der Waals surface area (Å²) in [5.74, 6) is 0. The van der Waals surface area contributed by atoms with Crippen molar-refractivity contribution < 1.29 is 18.3 Å². The van der Waals surface area contributed by atoms with Crippen molar-refractivity contribution in [2.45, 2.75) is 22.8 Å². The highest BCUT2D eigenvalue weighted by molar-refractivity contribution is 9.10. The SMILES string of the molecule is CO[C@H]1C[C@@H](CO)N(S(=O)(=O)c2sccc2Br)C1. The quantitative estimate of drug-likeness (QED) is 0.883. The summed E-state index contributed by atoms with van der Waals surface area (Å²) >= 11 is 4.40. The third kappa shape index (κ3) is 2.50. The number of nitrogens with zero attached hydrogens (tertiary/aromatic N) is 1. The molecule has 0 radical (unpaired) electrons. The number of hydrogen-bond donors (Lipinski definition) is 1. The van der Waals surface area contributed by atoms with Crippen LogP contribution >= 0.6 is 27.3 Å². The van der Waals surface area contributed by atoms with E-state index in [1.807, 2.05) is 0 Å². The summed E-state index contributed by atoms with van der Waals surface area (Å²) < 4.78 is 32.3. The molecular formula is C10H14BrNO4S2. The summed E-state index contributed by atoms with van der Waals surface area (Å²) in [4.78, 5) is 0. The second kappa shape index (κ2) is 5.56. The van der Waals surface area contributed by atoms with Gasteiger partial charge < -0.3 is 9.84 Å². The number of halogens is 1. The molecule has 0 aromatic carbocycles. The zero-order chi connectivity index (χ0) is 13.3. The molecule has 8 heteroatoms. The van der Waals surface area contributed by atoms with Crippen LogP contribution < -0.4 is 0 Å². The summed E-state index contributed by atoms with van der Waals surface area (Å²) in [7, 11) is -2.01. The molecule has 1 fully saturated rings. The number of hydrogen-bond acceptors (Lipinski definition) is 5. The van der Waals surface area contributed by atoms with Gasteiger partial charge >= 0.3 is 0 Å². The van der Waals surface area contributed by atoms with Crippen LogP contribution in [-0.2, 0) is 14.8 Å². The van der Waals surface area contributed by atoms with Gasteiger partial charge in [0.2, 0.25) is 0 Å². The van der Waals surface area contributed by atoms with E-state index in [9.17, 15) is 13.5 Å². The summed E-state index contributed by atoms with van der Waals surface area (Å²) in [5, 5.41) is 11.0. The van der Waals surface area contributed by atoms with Gasteiger partial charge in [-0.25, -0.2) is 8.42 Å². The van der Waals surface area contributed by atoms with Gasteiger partial charge in [0.25, 0.3) is 10.0 Å². The van der Waals surface area contributed by atoms with Crippen LogP contribution in [0.2, 0.25) is 0 Å². The van der Waals surface area contributed by atoms with E-state index in [4.69, 9.17) is 4.74 Å². The number of rotatable bonds is 4. The first kappa shape index (κ1) is 14.4. The lowest BCUT2D eigenvalue weighted by Crippen LogP contribution is -2.37. The average molecular weight is 356 g/mol. The van der Waals surface area contributed by atoms with Crippen LogP contribution in [0.4, 0.5) is 0 Å². The zero-order valence-electron chi connectivity index (χ0n) is 9.74. The van der Waals surface area contributed by atoms with Crippen molar-refractivity contribution in [3.63, 3.8) is 0 Å². The highest BCUT2D eigenvalue weighted by atomic mass is 79.9. The van der Waals surface area contributed by atoms with Crippen LogP contribution in [-0.4, -0.2) is 50.2 Å². The molecule has 1 aromatic heterocycles. The van der Waals surface area contributed by atoms with Crippen molar-refractivity contribution in [2.75, 3.05) is 20.3 Å². The third-order valence-electron chi connectivity index (χ3n) is 3.00. The highest BCUT2D eigenvalue weighted by Crippen LogP contribution is 2.34. The first-order valence-electron chi connectivity index (χ1n) is 5.39. The van der Waals surface area contributed by atoms with Crippen molar-refractivity contribution in [3.8, 4) is 0 Å².